The molecule has 186 valence electrons. The predicted octanol–water partition coefficient (Wildman–Crippen LogP) is 3.39. The number of carbonyl (C=O) groups is 2. The SMILES string of the molecule is CCOC(=O)C1=C(C)N=c2sc(=Cc3ccc(Cl)cc3)c(=O)n2[C@H]1c1ccc(OC(C)=O)c(OC)c1. The van der Waals surface area contributed by atoms with E-state index in [1.165, 1.54) is 29.9 Å². The molecule has 1 atom stereocenters. The number of fused-ring (bicyclic) bond motifs is 1. The van der Waals surface area contributed by atoms with E-state index in [4.69, 9.17) is 25.8 Å². The van der Waals surface area contributed by atoms with Crippen LogP contribution < -0.4 is 24.4 Å². The highest BCUT2D eigenvalue weighted by Gasteiger charge is 2.34. The molecule has 1 aliphatic heterocycles. The van der Waals surface area contributed by atoms with E-state index in [2.05, 4.69) is 4.99 Å². The van der Waals surface area contributed by atoms with Crippen LogP contribution in [0.2, 0.25) is 5.02 Å². The first-order valence-corrected chi connectivity index (χ1v) is 12.2. The number of allylic oxidation sites excluding steroid dienone is 1. The molecule has 0 fully saturated rings. The number of methoxy groups -OCH3 is 1. The van der Waals surface area contributed by atoms with Crippen molar-refractivity contribution in [3.05, 3.63) is 89.6 Å². The van der Waals surface area contributed by atoms with Gasteiger partial charge in [0.05, 0.1) is 35.6 Å². The van der Waals surface area contributed by atoms with Crippen LogP contribution in [0.3, 0.4) is 0 Å². The molecule has 3 aromatic rings. The van der Waals surface area contributed by atoms with E-state index in [-0.39, 0.29) is 29.2 Å². The van der Waals surface area contributed by atoms with E-state index < -0.39 is 18.0 Å². The van der Waals surface area contributed by atoms with Crippen molar-refractivity contribution in [3.63, 3.8) is 0 Å². The second-order valence-electron chi connectivity index (χ2n) is 7.86. The van der Waals surface area contributed by atoms with Gasteiger partial charge in [-0.05, 0) is 55.3 Å². The maximum atomic E-state index is 13.6. The standard InChI is InChI=1S/C26H23ClN2O6S/c1-5-34-25(32)22-14(2)28-26-29(24(31)21(36-26)12-16-6-9-18(27)10-7-16)23(22)17-8-11-19(35-15(3)30)20(13-17)33-4/h6-13,23H,5H2,1-4H3/t23-/m0/s1. The number of aromatic nitrogens is 1. The molecule has 0 amide bonds. The average molecular weight is 527 g/mol. The third-order valence-electron chi connectivity index (χ3n) is 5.44. The van der Waals surface area contributed by atoms with Gasteiger partial charge in [-0.15, -0.1) is 0 Å². The first kappa shape index (κ1) is 25.4. The van der Waals surface area contributed by atoms with Crippen molar-refractivity contribution in [1.82, 2.24) is 4.57 Å². The van der Waals surface area contributed by atoms with Crippen LogP contribution in [0.15, 0.2) is 63.5 Å². The maximum Gasteiger partial charge on any atom is 0.338 e. The third-order valence-corrected chi connectivity index (χ3v) is 6.68. The van der Waals surface area contributed by atoms with Crippen LogP contribution in [0.25, 0.3) is 6.08 Å². The molecular weight excluding hydrogens is 504 g/mol. The highest BCUT2D eigenvalue weighted by atomic mass is 35.5. The molecule has 4 rings (SSSR count). The van der Waals surface area contributed by atoms with Crippen LogP contribution in [0.1, 0.15) is 37.9 Å². The monoisotopic (exact) mass is 526 g/mol. The molecule has 0 saturated heterocycles. The molecule has 0 spiro atoms. The molecule has 2 aromatic carbocycles. The zero-order valence-electron chi connectivity index (χ0n) is 20.0. The first-order chi connectivity index (χ1) is 17.2. The Morgan fingerprint density at radius 2 is 1.89 bits per heavy atom. The van der Waals surface area contributed by atoms with Crippen molar-refractivity contribution in [3.8, 4) is 11.5 Å². The van der Waals surface area contributed by atoms with Gasteiger partial charge >= 0.3 is 11.9 Å². The summed E-state index contributed by atoms with van der Waals surface area (Å²) < 4.78 is 17.9. The summed E-state index contributed by atoms with van der Waals surface area (Å²) in [5.41, 5.74) is 1.75. The van der Waals surface area contributed by atoms with Crippen molar-refractivity contribution >= 4 is 41.0 Å². The Balaban J connectivity index is 1.94. The topological polar surface area (TPSA) is 96.2 Å². The zero-order valence-corrected chi connectivity index (χ0v) is 21.6. The Labute approximate surface area is 215 Å². The summed E-state index contributed by atoms with van der Waals surface area (Å²) in [7, 11) is 1.44. The van der Waals surface area contributed by atoms with Gasteiger partial charge in [-0.25, -0.2) is 9.79 Å². The number of nitrogens with zero attached hydrogens (tertiary/aromatic N) is 2. The molecule has 0 bridgehead atoms. The summed E-state index contributed by atoms with van der Waals surface area (Å²) >= 11 is 7.21. The molecule has 1 aromatic heterocycles. The zero-order chi connectivity index (χ0) is 26.0. The summed E-state index contributed by atoms with van der Waals surface area (Å²) in [5, 5.41) is 0.592. The Hall–Kier alpha value is -3.69. The van der Waals surface area contributed by atoms with E-state index in [0.717, 1.165) is 5.56 Å². The van der Waals surface area contributed by atoms with Gasteiger partial charge in [-0.3, -0.25) is 14.2 Å². The molecule has 1 aliphatic rings. The number of esters is 2. The third kappa shape index (κ3) is 4.98. The number of thiazole rings is 1. The number of hydrogen-bond donors (Lipinski definition) is 0. The lowest BCUT2D eigenvalue weighted by Gasteiger charge is -2.25. The lowest BCUT2D eigenvalue weighted by Crippen LogP contribution is -2.40. The first-order valence-electron chi connectivity index (χ1n) is 11.0. The Morgan fingerprint density at radius 3 is 2.53 bits per heavy atom. The Morgan fingerprint density at radius 1 is 1.17 bits per heavy atom. The van der Waals surface area contributed by atoms with Crippen molar-refractivity contribution in [2.45, 2.75) is 26.8 Å². The van der Waals surface area contributed by atoms with Crippen LogP contribution in [0, 0.1) is 0 Å². The number of carbonyl (C=O) groups excluding carboxylic acids is 2. The fourth-order valence-electron chi connectivity index (χ4n) is 3.91. The van der Waals surface area contributed by atoms with E-state index in [9.17, 15) is 14.4 Å². The van der Waals surface area contributed by atoms with Gasteiger partial charge in [0.15, 0.2) is 16.3 Å². The highest BCUT2D eigenvalue weighted by Crippen LogP contribution is 2.36. The van der Waals surface area contributed by atoms with Crippen LogP contribution >= 0.6 is 22.9 Å². The number of halogens is 1. The fourth-order valence-corrected chi connectivity index (χ4v) is 5.08. The summed E-state index contributed by atoms with van der Waals surface area (Å²) in [5.74, 6) is -0.566. The molecule has 0 radical (unpaired) electrons. The molecule has 0 N–H and O–H groups in total. The second-order valence-corrected chi connectivity index (χ2v) is 9.30. The van der Waals surface area contributed by atoms with Crippen LogP contribution in [0.5, 0.6) is 11.5 Å². The minimum absolute atomic E-state index is 0.165. The van der Waals surface area contributed by atoms with Crippen LogP contribution in [0.4, 0.5) is 0 Å². The molecule has 10 heteroatoms. The van der Waals surface area contributed by atoms with Crippen molar-refractivity contribution in [1.29, 1.82) is 0 Å². The summed E-state index contributed by atoms with van der Waals surface area (Å²) in [6.07, 6.45) is 1.75. The van der Waals surface area contributed by atoms with E-state index >= 15 is 0 Å². The molecule has 0 aliphatic carbocycles. The summed E-state index contributed by atoms with van der Waals surface area (Å²) in [4.78, 5) is 43.2. The molecule has 2 heterocycles. The average Bonchev–Trinajstić information content (AvgIpc) is 3.14. The summed E-state index contributed by atoms with van der Waals surface area (Å²) in [6, 6.07) is 11.2. The highest BCUT2D eigenvalue weighted by molar-refractivity contribution is 7.07. The van der Waals surface area contributed by atoms with E-state index in [1.54, 1.807) is 50.3 Å². The van der Waals surface area contributed by atoms with Crippen LogP contribution in [-0.2, 0) is 14.3 Å². The fraction of sp³-hybridized carbons (Fsp3) is 0.231. The maximum absolute atomic E-state index is 13.6. The van der Waals surface area contributed by atoms with Gasteiger partial charge in [0, 0.05) is 11.9 Å². The molecular formula is C26H23ClN2O6S. The van der Waals surface area contributed by atoms with E-state index in [0.29, 0.717) is 25.6 Å². The normalized spacial score (nSPS) is 15.2. The van der Waals surface area contributed by atoms with Gasteiger partial charge in [0.25, 0.3) is 5.56 Å². The lowest BCUT2D eigenvalue weighted by atomic mass is 9.95. The van der Waals surface area contributed by atoms with Gasteiger partial charge in [-0.1, -0.05) is 41.1 Å². The minimum Gasteiger partial charge on any atom is -0.493 e. The van der Waals surface area contributed by atoms with Gasteiger partial charge < -0.3 is 14.2 Å². The van der Waals surface area contributed by atoms with Crippen molar-refractivity contribution < 1.29 is 23.8 Å². The largest absolute Gasteiger partial charge is 0.493 e. The molecule has 0 unspecified atom stereocenters. The smallest absolute Gasteiger partial charge is 0.338 e. The van der Waals surface area contributed by atoms with Crippen LogP contribution in [-0.4, -0.2) is 30.2 Å². The summed E-state index contributed by atoms with van der Waals surface area (Å²) in [6.45, 7) is 4.87. The van der Waals surface area contributed by atoms with Gasteiger partial charge in [-0.2, -0.15) is 0 Å². The minimum atomic E-state index is -0.826. The van der Waals surface area contributed by atoms with Gasteiger partial charge in [0.1, 0.15) is 0 Å². The number of ether oxygens (including phenoxy) is 3. The van der Waals surface area contributed by atoms with Gasteiger partial charge in [0.2, 0.25) is 0 Å². The number of hydrogen-bond acceptors (Lipinski definition) is 8. The second kappa shape index (κ2) is 10.5. The van der Waals surface area contributed by atoms with Crippen molar-refractivity contribution in [2.24, 2.45) is 4.99 Å². The Kier molecular flexibility index (Phi) is 7.42. The predicted molar refractivity (Wildman–Crippen MR) is 136 cm³/mol. The molecule has 0 saturated carbocycles. The lowest BCUT2D eigenvalue weighted by molar-refractivity contribution is -0.139. The quantitative estimate of drug-likeness (QED) is 0.361. The van der Waals surface area contributed by atoms with E-state index in [1.807, 2.05) is 12.1 Å². The molecule has 8 nitrogen and oxygen atoms in total. The number of benzene rings is 2. The van der Waals surface area contributed by atoms with Crippen molar-refractivity contribution in [2.75, 3.05) is 13.7 Å². The Bertz CT molecular complexity index is 1550. The number of rotatable bonds is 6. The molecule has 36 heavy (non-hydrogen) atoms.